The summed E-state index contributed by atoms with van der Waals surface area (Å²) in [5.41, 5.74) is 4.61. The first-order valence-electron chi connectivity index (χ1n) is 14.2. The van der Waals surface area contributed by atoms with Crippen LogP contribution in [0.15, 0.2) is 60.8 Å². The molecule has 1 aliphatic carbocycles. The summed E-state index contributed by atoms with van der Waals surface area (Å²) in [5, 5.41) is 9.60. The Hall–Kier alpha value is -4.02. The van der Waals surface area contributed by atoms with Crippen molar-refractivity contribution in [3.05, 3.63) is 60.8 Å². The third-order valence-corrected chi connectivity index (χ3v) is 7.74. The van der Waals surface area contributed by atoms with Crippen LogP contribution < -0.4 is 20.9 Å². The SMILES string of the molecule is O=C(Nc1ccc(-c2ccnc(Nc3ccc(N4CCN(C(=O)CN5CCNCC5)CC4)cc3)n2)cc1)C1CC1. The molecule has 3 N–H and O–H groups in total. The number of nitrogens with zero attached hydrogens (tertiary/aromatic N) is 5. The number of aromatic nitrogens is 2. The highest BCUT2D eigenvalue weighted by molar-refractivity contribution is 5.94. The lowest BCUT2D eigenvalue weighted by molar-refractivity contribution is -0.132. The number of hydrogen-bond donors (Lipinski definition) is 3. The molecule has 208 valence electrons. The average molecular weight is 541 g/mol. The van der Waals surface area contributed by atoms with E-state index in [9.17, 15) is 9.59 Å². The highest BCUT2D eigenvalue weighted by atomic mass is 16.2. The predicted octanol–water partition coefficient (Wildman–Crippen LogP) is 2.79. The van der Waals surface area contributed by atoms with E-state index in [1.165, 1.54) is 0 Å². The molecule has 2 amide bonds. The van der Waals surface area contributed by atoms with Gasteiger partial charge in [0.15, 0.2) is 0 Å². The van der Waals surface area contributed by atoms with Gasteiger partial charge in [0.1, 0.15) is 0 Å². The van der Waals surface area contributed by atoms with Crippen LogP contribution in [0.5, 0.6) is 0 Å². The van der Waals surface area contributed by atoms with Gasteiger partial charge in [-0.25, -0.2) is 9.97 Å². The Morgan fingerprint density at radius 3 is 2.25 bits per heavy atom. The Bertz CT molecular complexity index is 1310. The lowest BCUT2D eigenvalue weighted by atomic mass is 10.1. The number of hydrogen-bond acceptors (Lipinski definition) is 8. The van der Waals surface area contributed by atoms with Gasteiger partial charge in [-0.15, -0.1) is 0 Å². The van der Waals surface area contributed by atoms with Gasteiger partial charge in [0.2, 0.25) is 17.8 Å². The van der Waals surface area contributed by atoms with E-state index in [4.69, 9.17) is 0 Å². The second kappa shape index (κ2) is 12.0. The molecule has 2 saturated heterocycles. The van der Waals surface area contributed by atoms with Gasteiger partial charge in [-0.05, 0) is 55.3 Å². The molecule has 0 spiro atoms. The third-order valence-electron chi connectivity index (χ3n) is 7.74. The number of anilines is 4. The van der Waals surface area contributed by atoms with Crippen LogP contribution in [-0.4, -0.2) is 90.5 Å². The Labute approximate surface area is 234 Å². The van der Waals surface area contributed by atoms with E-state index in [2.05, 4.69) is 47.9 Å². The highest BCUT2D eigenvalue weighted by Gasteiger charge is 2.29. The molecule has 3 fully saturated rings. The van der Waals surface area contributed by atoms with Gasteiger partial charge in [-0.2, -0.15) is 0 Å². The van der Waals surface area contributed by atoms with E-state index < -0.39 is 0 Å². The third kappa shape index (κ3) is 6.57. The maximum Gasteiger partial charge on any atom is 0.236 e. The quantitative estimate of drug-likeness (QED) is 0.401. The van der Waals surface area contributed by atoms with Crippen molar-refractivity contribution in [3.63, 3.8) is 0 Å². The summed E-state index contributed by atoms with van der Waals surface area (Å²) in [6.45, 7) is 7.47. The van der Waals surface area contributed by atoms with Crippen molar-refractivity contribution in [2.75, 3.05) is 74.4 Å². The molecule has 1 saturated carbocycles. The van der Waals surface area contributed by atoms with Crippen LogP contribution in [0.2, 0.25) is 0 Å². The van der Waals surface area contributed by atoms with Crippen LogP contribution in [0.25, 0.3) is 11.3 Å². The van der Waals surface area contributed by atoms with Gasteiger partial charge in [0.25, 0.3) is 0 Å². The summed E-state index contributed by atoms with van der Waals surface area (Å²) < 4.78 is 0. The molecule has 3 aromatic rings. The molecule has 3 aliphatic rings. The van der Waals surface area contributed by atoms with Crippen LogP contribution in [0.3, 0.4) is 0 Å². The minimum atomic E-state index is 0.103. The first kappa shape index (κ1) is 26.2. The van der Waals surface area contributed by atoms with E-state index in [1.54, 1.807) is 6.20 Å². The number of benzene rings is 2. The van der Waals surface area contributed by atoms with Gasteiger partial charge in [0, 0.05) is 87.1 Å². The van der Waals surface area contributed by atoms with Crippen molar-refractivity contribution in [3.8, 4) is 11.3 Å². The highest BCUT2D eigenvalue weighted by Crippen LogP contribution is 2.30. The normalized spacial score (nSPS) is 17.9. The topological polar surface area (TPSA) is 106 Å². The molecule has 2 aromatic carbocycles. The summed E-state index contributed by atoms with van der Waals surface area (Å²) in [6, 6.07) is 17.9. The van der Waals surface area contributed by atoms with Gasteiger partial charge in [-0.1, -0.05) is 12.1 Å². The first-order valence-corrected chi connectivity index (χ1v) is 14.2. The maximum absolute atomic E-state index is 12.7. The van der Waals surface area contributed by atoms with Gasteiger partial charge >= 0.3 is 0 Å². The van der Waals surface area contributed by atoms with E-state index in [0.717, 1.165) is 93.5 Å². The van der Waals surface area contributed by atoms with Crippen molar-refractivity contribution < 1.29 is 9.59 Å². The monoisotopic (exact) mass is 540 g/mol. The van der Waals surface area contributed by atoms with Crippen LogP contribution in [-0.2, 0) is 9.59 Å². The van der Waals surface area contributed by atoms with Crippen molar-refractivity contribution in [1.82, 2.24) is 25.1 Å². The van der Waals surface area contributed by atoms with Crippen molar-refractivity contribution >= 4 is 34.8 Å². The zero-order chi connectivity index (χ0) is 27.3. The van der Waals surface area contributed by atoms with Crippen LogP contribution in [0.1, 0.15) is 12.8 Å². The lowest BCUT2D eigenvalue weighted by Gasteiger charge is -2.37. The molecule has 3 heterocycles. The molecule has 10 heteroatoms. The zero-order valence-corrected chi connectivity index (χ0v) is 22.7. The first-order chi connectivity index (χ1) is 19.6. The van der Waals surface area contributed by atoms with E-state index in [1.807, 2.05) is 47.4 Å². The van der Waals surface area contributed by atoms with Crippen LogP contribution >= 0.6 is 0 Å². The number of piperazine rings is 2. The molecular weight excluding hydrogens is 504 g/mol. The number of nitrogens with one attached hydrogen (secondary N) is 3. The largest absolute Gasteiger partial charge is 0.368 e. The molecule has 0 unspecified atom stereocenters. The fourth-order valence-corrected chi connectivity index (χ4v) is 5.15. The van der Waals surface area contributed by atoms with Gasteiger partial charge in [0.05, 0.1) is 12.2 Å². The Morgan fingerprint density at radius 2 is 1.55 bits per heavy atom. The van der Waals surface area contributed by atoms with Crippen molar-refractivity contribution in [2.24, 2.45) is 5.92 Å². The molecule has 0 bridgehead atoms. The molecule has 1 aromatic heterocycles. The van der Waals surface area contributed by atoms with Crippen LogP contribution in [0.4, 0.5) is 23.0 Å². The summed E-state index contributed by atoms with van der Waals surface area (Å²) >= 11 is 0. The predicted molar refractivity (Wildman–Crippen MR) is 157 cm³/mol. The smallest absolute Gasteiger partial charge is 0.236 e. The maximum atomic E-state index is 12.7. The number of carbonyl (C=O) groups excluding carboxylic acids is 2. The molecule has 0 radical (unpaired) electrons. The van der Waals surface area contributed by atoms with Gasteiger partial charge in [-0.3, -0.25) is 14.5 Å². The molecule has 2 aliphatic heterocycles. The van der Waals surface area contributed by atoms with Crippen molar-refractivity contribution in [2.45, 2.75) is 12.8 Å². The molecule has 40 heavy (non-hydrogen) atoms. The van der Waals surface area contributed by atoms with E-state index in [0.29, 0.717) is 12.5 Å². The summed E-state index contributed by atoms with van der Waals surface area (Å²) in [6.07, 6.45) is 3.71. The van der Waals surface area contributed by atoms with E-state index in [-0.39, 0.29) is 17.7 Å². The molecule has 10 nitrogen and oxygen atoms in total. The van der Waals surface area contributed by atoms with Crippen LogP contribution in [0, 0.1) is 5.92 Å². The standard InChI is InChI=1S/C30H36N8O2/c39-28(21-36-15-13-31-14-16-36)38-19-17-37(18-20-38)26-9-7-25(8-10-26)34-30-32-12-11-27(35-30)22-3-5-24(6-4-22)33-29(40)23-1-2-23/h3-12,23,31H,1-2,13-21H2,(H,33,40)(H,32,34,35). The van der Waals surface area contributed by atoms with Crippen molar-refractivity contribution in [1.29, 1.82) is 0 Å². The summed E-state index contributed by atoms with van der Waals surface area (Å²) in [4.78, 5) is 40.4. The Kier molecular flexibility index (Phi) is 7.87. The second-order valence-electron chi connectivity index (χ2n) is 10.7. The number of amides is 2. The Balaban J connectivity index is 1.01. The number of carbonyl (C=O) groups is 2. The zero-order valence-electron chi connectivity index (χ0n) is 22.7. The average Bonchev–Trinajstić information content (AvgIpc) is 3.85. The Morgan fingerprint density at radius 1 is 0.850 bits per heavy atom. The molecule has 6 rings (SSSR count). The van der Waals surface area contributed by atoms with Gasteiger partial charge < -0.3 is 25.8 Å². The lowest BCUT2D eigenvalue weighted by Crippen LogP contribution is -2.53. The summed E-state index contributed by atoms with van der Waals surface area (Å²) in [5.74, 6) is 1.04. The van der Waals surface area contributed by atoms with E-state index >= 15 is 0 Å². The summed E-state index contributed by atoms with van der Waals surface area (Å²) in [7, 11) is 0. The fourth-order valence-electron chi connectivity index (χ4n) is 5.15. The molecular formula is C30H36N8O2. The second-order valence-corrected chi connectivity index (χ2v) is 10.7. The molecule has 0 atom stereocenters. The minimum absolute atomic E-state index is 0.103. The minimum Gasteiger partial charge on any atom is -0.368 e. The number of rotatable bonds is 8. The fraction of sp³-hybridized carbons (Fsp3) is 0.400.